The van der Waals surface area contributed by atoms with E-state index in [1.165, 1.54) is 10.9 Å². The smallest absolute Gasteiger partial charge is 0.182 e. The highest BCUT2D eigenvalue weighted by molar-refractivity contribution is 6.01. The predicted octanol–water partition coefficient (Wildman–Crippen LogP) is 4.91. The van der Waals surface area contributed by atoms with Crippen LogP contribution in [0.25, 0.3) is 10.8 Å². The van der Waals surface area contributed by atoms with Gasteiger partial charge in [-0.15, -0.1) is 0 Å². The van der Waals surface area contributed by atoms with E-state index in [-0.39, 0.29) is 17.9 Å². The van der Waals surface area contributed by atoms with E-state index in [0.717, 1.165) is 55.9 Å². The largest absolute Gasteiger partial charge is 0.380 e. The normalized spacial score (nSPS) is 18.5. The first-order valence-corrected chi connectivity index (χ1v) is 12.9. The van der Waals surface area contributed by atoms with E-state index in [1.807, 2.05) is 18.3 Å². The molecule has 4 aromatic rings. The van der Waals surface area contributed by atoms with Gasteiger partial charge >= 0.3 is 0 Å². The highest BCUT2D eigenvalue weighted by Gasteiger charge is 2.37. The third-order valence-corrected chi connectivity index (χ3v) is 7.69. The van der Waals surface area contributed by atoms with Crippen LogP contribution in [-0.2, 0) is 6.42 Å². The van der Waals surface area contributed by atoms with E-state index < -0.39 is 0 Å². The summed E-state index contributed by atoms with van der Waals surface area (Å²) >= 11 is 0. The van der Waals surface area contributed by atoms with Crippen LogP contribution in [0.1, 0.15) is 27.9 Å². The summed E-state index contributed by atoms with van der Waals surface area (Å²) < 4.78 is 0. The molecule has 3 heterocycles. The number of ketones is 1. The van der Waals surface area contributed by atoms with Crippen molar-refractivity contribution >= 4 is 28.1 Å². The molecule has 1 aromatic heterocycles. The first-order valence-electron chi connectivity index (χ1n) is 12.9. The number of hydrogen-bond acceptors (Lipinski definition) is 6. The van der Waals surface area contributed by atoms with Crippen molar-refractivity contribution in [3.8, 4) is 6.07 Å². The van der Waals surface area contributed by atoms with Crippen molar-refractivity contribution < 1.29 is 4.79 Å². The maximum absolute atomic E-state index is 14.0. The average Bonchev–Trinajstić information content (AvgIpc) is 2.97. The van der Waals surface area contributed by atoms with Crippen LogP contribution in [0.4, 0.5) is 11.5 Å². The number of carbonyl (C=O) groups excluding carboxylic acids is 1. The van der Waals surface area contributed by atoms with Gasteiger partial charge in [-0.05, 0) is 48.1 Å². The third kappa shape index (κ3) is 4.54. The number of fused-ring (bicyclic) bond motifs is 2. The second kappa shape index (κ2) is 10.0. The Morgan fingerprint density at radius 2 is 1.70 bits per heavy atom. The second-order valence-electron chi connectivity index (χ2n) is 9.82. The Kier molecular flexibility index (Phi) is 6.30. The van der Waals surface area contributed by atoms with Crippen molar-refractivity contribution in [2.24, 2.45) is 0 Å². The number of hydrogen-bond donors (Lipinski definition) is 1. The maximum atomic E-state index is 14.0. The molecular weight excluding hydrogens is 458 g/mol. The molecule has 1 fully saturated rings. The molecule has 2 aliphatic heterocycles. The highest BCUT2D eigenvalue weighted by atomic mass is 16.1. The fourth-order valence-electron chi connectivity index (χ4n) is 5.75. The van der Waals surface area contributed by atoms with Gasteiger partial charge in [0.05, 0.1) is 17.7 Å². The van der Waals surface area contributed by atoms with Gasteiger partial charge < -0.3 is 10.2 Å². The van der Waals surface area contributed by atoms with Gasteiger partial charge in [0.1, 0.15) is 5.82 Å². The van der Waals surface area contributed by atoms with Crippen LogP contribution in [-0.4, -0.2) is 53.9 Å². The standard InChI is InChI=1S/C31H29N5O/c32-21-22-9-11-25(12-10-22)30(37)29(28-14-13-24-6-2-4-8-27(24)34-28)35-17-19-36(20-18-35)31-26-7-3-1-5-23(26)15-16-33-31/h1-12,15-16,28-29,34H,13-14,17-20H2. The number of pyridine rings is 1. The van der Waals surface area contributed by atoms with Gasteiger partial charge in [0.2, 0.25) is 0 Å². The van der Waals surface area contributed by atoms with Gasteiger partial charge in [-0.1, -0.05) is 54.6 Å². The molecule has 2 atom stereocenters. The lowest BCUT2D eigenvalue weighted by molar-refractivity contribution is 0.0771. The lowest BCUT2D eigenvalue weighted by atomic mass is 9.88. The van der Waals surface area contributed by atoms with Gasteiger partial charge in [-0.25, -0.2) is 4.98 Å². The van der Waals surface area contributed by atoms with Crippen LogP contribution in [0, 0.1) is 11.3 Å². The number of para-hydroxylation sites is 1. The zero-order valence-corrected chi connectivity index (χ0v) is 20.7. The summed E-state index contributed by atoms with van der Waals surface area (Å²) in [6, 6.07) is 27.7. The molecule has 0 amide bonds. The number of benzene rings is 3. The summed E-state index contributed by atoms with van der Waals surface area (Å²) in [5.41, 5.74) is 3.64. The zero-order valence-electron chi connectivity index (χ0n) is 20.7. The van der Waals surface area contributed by atoms with Crippen LogP contribution in [0.15, 0.2) is 85.1 Å². The lowest BCUT2D eigenvalue weighted by Crippen LogP contribution is -2.58. The van der Waals surface area contributed by atoms with Gasteiger partial charge in [0.25, 0.3) is 0 Å². The Hall–Kier alpha value is -4.21. The molecule has 2 unspecified atom stereocenters. The number of carbonyl (C=O) groups is 1. The third-order valence-electron chi connectivity index (χ3n) is 7.69. The van der Waals surface area contributed by atoms with E-state index in [4.69, 9.17) is 4.98 Å². The molecule has 6 nitrogen and oxygen atoms in total. The summed E-state index contributed by atoms with van der Waals surface area (Å²) in [6.07, 6.45) is 3.73. The SMILES string of the molecule is N#Cc1ccc(C(=O)C(C2CCc3ccccc3N2)N2CCN(c3nccc4ccccc34)CC2)cc1. The first kappa shape index (κ1) is 23.2. The van der Waals surface area contributed by atoms with Crippen LogP contribution in [0.2, 0.25) is 0 Å². The molecule has 1 saturated heterocycles. The minimum atomic E-state index is -0.288. The average molecular weight is 488 g/mol. The lowest BCUT2D eigenvalue weighted by Gasteiger charge is -2.43. The molecule has 2 aliphatic rings. The fraction of sp³-hybridized carbons (Fsp3) is 0.258. The zero-order chi connectivity index (χ0) is 25.2. The molecule has 0 radical (unpaired) electrons. The molecule has 6 heteroatoms. The minimum absolute atomic E-state index is 0.0141. The number of aryl methyl sites for hydroxylation is 1. The Balaban J connectivity index is 1.27. The predicted molar refractivity (Wildman–Crippen MR) is 147 cm³/mol. The van der Waals surface area contributed by atoms with E-state index in [2.05, 4.69) is 63.7 Å². The molecule has 3 aromatic carbocycles. The first-order chi connectivity index (χ1) is 18.2. The monoisotopic (exact) mass is 487 g/mol. The van der Waals surface area contributed by atoms with Gasteiger partial charge in [0.15, 0.2) is 5.78 Å². The van der Waals surface area contributed by atoms with E-state index in [0.29, 0.717) is 11.1 Å². The number of nitriles is 1. The number of nitrogens with zero attached hydrogens (tertiary/aromatic N) is 4. The number of piperazine rings is 1. The molecular formula is C31H29N5O. The molecule has 6 rings (SSSR count). The molecule has 0 saturated carbocycles. The molecule has 37 heavy (non-hydrogen) atoms. The maximum Gasteiger partial charge on any atom is 0.182 e. The van der Waals surface area contributed by atoms with E-state index >= 15 is 0 Å². The Morgan fingerprint density at radius 3 is 2.51 bits per heavy atom. The van der Waals surface area contributed by atoms with Gasteiger partial charge in [0, 0.05) is 55.1 Å². The van der Waals surface area contributed by atoms with Crippen molar-refractivity contribution in [3.05, 3.63) is 102 Å². The van der Waals surface area contributed by atoms with Crippen molar-refractivity contribution in [1.82, 2.24) is 9.88 Å². The number of nitrogens with one attached hydrogen (secondary N) is 1. The quantitative estimate of drug-likeness (QED) is 0.404. The summed E-state index contributed by atoms with van der Waals surface area (Å²) in [4.78, 5) is 23.4. The molecule has 184 valence electrons. The van der Waals surface area contributed by atoms with Crippen LogP contribution < -0.4 is 10.2 Å². The Morgan fingerprint density at radius 1 is 0.946 bits per heavy atom. The molecule has 0 spiro atoms. The van der Waals surface area contributed by atoms with Crippen LogP contribution in [0.5, 0.6) is 0 Å². The molecule has 1 N–H and O–H groups in total. The number of Topliss-reactive ketones (excluding diaryl/α,β-unsaturated/α-hetero) is 1. The minimum Gasteiger partial charge on any atom is -0.380 e. The van der Waals surface area contributed by atoms with E-state index in [1.54, 1.807) is 24.3 Å². The van der Waals surface area contributed by atoms with Crippen molar-refractivity contribution in [1.29, 1.82) is 5.26 Å². The summed E-state index contributed by atoms with van der Waals surface area (Å²) in [5, 5.41) is 15.2. The summed E-state index contributed by atoms with van der Waals surface area (Å²) in [5.74, 6) is 1.12. The number of aromatic nitrogens is 1. The van der Waals surface area contributed by atoms with Crippen LogP contribution >= 0.6 is 0 Å². The van der Waals surface area contributed by atoms with Crippen molar-refractivity contribution in [3.63, 3.8) is 0 Å². The van der Waals surface area contributed by atoms with Crippen molar-refractivity contribution in [2.75, 3.05) is 36.4 Å². The molecule has 0 aliphatic carbocycles. The van der Waals surface area contributed by atoms with Crippen LogP contribution in [0.3, 0.4) is 0 Å². The Labute approximate surface area is 217 Å². The van der Waals surface area contributed by atoms with Gasteiger partial charge in [-0.2, -0.15) is 5.26 Å². The number of anilines is 2. The number of rotatable bonds is 5. The fourth-order valence-corrected chi connectivity index (χ4v) is 5.75. The summed E-state index contributed by atoms with van der Waals surface area (Å²) in [7, 11) is 0. The summed E-state index contributed by atoms with van der Waals surface area (Å²) in [6.45, 7) is 3.16. The van der Waals surface area contributed by atoms with E-state index in [9.17, 15) is 10.1 Å². The second-order valence-corrected chi connectivity index (χ2v) is 9.82. The van der Waals surface area contributed by atoms with Gasteiger partial charge in [-0.3, -0.25) is 9.69 Å². The molecule has 0 bridgehead atoms. The highest BCUT2D eigenvalue weighted by Crippen LogP contribution is 2.30. The Bertz CT molecular complexity index is 1460. The topological polar surface area (TPSA) is 72.3 Å². The van der Waals surface area contributed by atoms with Crippen molar-refractivity contribution in [2.45, 2.75) is 24.9 Å².